The lowest BCUT2D eigenvalue weighted by molar-refractivity contribution is -0.135. The molecule has 0 radical (unpaired) electrons. The first-order valence-electron chi connectivity index (χ1n) is 10.5. The zero-order chi connectivity index (χ0) is 20.7. The molecule has 3 heterocycles. The number of ether oxygens (including phenoxy) is 2. The average Bonchev–Trinajstić information content (AvgIpc) is 3.05. The molecule has 2 saturated heterocycles. The van der Waals surface area contributed by atoms with Crippen LogP contribution in [0.25, 0.3) is 0 Å². The first kappa shape index (κ1) is 19.1. The van der Waals surface area contributed by atoms with Crippen LogP contribution in [0, 0.1) is 11.6 Å². The van der Waals surface area contributed by atoms with Gasteiger partial charge in [-0.2, -0.15) is 0 Å². The number of benzene rings is 1. The summed E-state index contributed by atoms with van der Waals surface area (Å²) in [7, 11) is 0. The first-order valence-corrected chi connectivity index (χ1v) is 10.5. The van der Waals surface area contributed by atoms with Crippen LogP contribution in [0.3, 0.4) is 0 Å². The molecule has 0 spiro atoms. The topological polar surface area (TPSA) is 38.8 Å². The van der Waals surface area contributed by atoms with Gasteiger partial charge in [0, 0.05) is 12.1 Å². The monoisotopic (exact) mass is 411 g/mol. The Kier molecular flexibility index (Phi) is 4.93. The second-order valence-corrected chi connectivity index (χ2v) is 8.30. The first-order chi connectivity index (χ1) is 14.6. The van der Waals surface area contributed by atoms with Crippen LogP contribution in [0.5, 0.6) is 0 Å². The fraction of sp³-hybridized carbons (Fsp3) is 0.375. The molecule has 1 amide bonds. The van der Waals surface area contributed by atoms with Gasteiger partial charge in [-0.3, -0.25) is 4.79 Å². The maximum absolute atomic E-state index is 13.7. The van der Waals surface area contributed by atoms with Crippen molar-refractivity contribution in [2.45, 2.75) is 56.5 Å². The molecule has 5 rings (SSSR count). The van der Waals surface area contributed by atoms with Crippen LogP contribution in [0.4, 0.5) is 8.78 Å². The van der Waals surface area contributed by atoms with Crippen molar-refractivity contribution < 1.29 is 23.0 Å². The van der Waals surface area contributed by atoms with E-state index in [-0.39, 0.29) is 29.7 Å². The number of allylic oxidation sites excluding steroid dienone is 4. The van der Waals surface area contributed by atoms with Crippen LogP contribution in [-0.2, 0) is 14.3 Å². The van der Waals surface area contributed by atoms with Gasteiger partial charge in [-0.1, -0.05) is 24.3 Å². The number of hydrogen-bond donors (Lipinski definition) is 0. The Bertz CT molecular complexity index is 980. The molecule has 2 unspecified atom stereocenters. The largest absolute Gasteiger partial charge is 0.465 e. The van der Waals surface area contributed by atoms with E-state index in [0.717, 1.165) is 49.7 Å². The molecule has 1 aromatic rings. The van der Waals surface area contributed by atoms with Gasteiger partial charge in [-0.25, -0.2) is 8.78 Å². The lowest BCUT2D eigenvalue weighted by Crippen LogP contribution is -2.47. The Morgan fingerprint density at radius 1 is 1.07 bits per heavy atom. The van der Waals surface area contributed by atoms with Crippen molar-refractivity contribution in [2.24, 2.45) is 0 Å². The number of rotatable bonds is 3. The second-order valence-electron chi connectivity index (χ2n) is 8.30. The number of halogens is 2. The van der Waals surface area contributed by atoms with E-state index in [4.69, 9.17) is 9.47 Å². The highest BCUT2D eigenvalue weighted by Gasteiger charge is 2.45. The molecule has 4 aliphatic rings. The van der Waals surface area contributed by atoms with Crippen molar-refractivity contribution in [1.29, 1.82) is 0 Å². The molecule has 3 aliphatic heterocycles. The minimum absolute atomic E-state index is 0.0602. The summed E-state index contributed by atoms with van der Waals surface area (Å²) in [5.41, 5.74) is 1.81. The van der Waals surface area contributed by atoms with E-state index in [2.05, 4.69) is 6.08 Å². The standard InChI is InChI=1S/C24H23F2NO3/c25-20-9-6-16(12-21(20)26)17-10-18-7-8-19(11-17)27(18)24(28)23-14-29-13-22(30-23)15-4-2-1-3-5-15/h1-2,4,6,9,12-14,17-19H,3,5,7-8,10-11H2. The molecule has 6 heteroatoms. The van der Waals surface area contributed by atoms with E-state index in [1.165, 1.54) is 24.7 Å². The van der Waals surface area contributed by atoms with Gasteiger partial charge in [0.15, 0.2) is 17.4 Å². The predicted molar refractivity (Wildman–Crippen MR) is 107 cm³/mol. The minimum atomic E-state index is -0.830. The third-order valence-electron chi connectivity index (χ3n) is 6.49. The van der Waals surface area contributed by atoms with Crippen LogP contribution in [0.15, 0.2) is 66.0 Å². The van der Waals surface area contributed by atoms with Gasteiger partial charge < -0.3 is 14.4 Å². The number of amides is 1. The molecule has 4 nitrogen and oxygen atoms in total. The summed E-state index contributed by atoms with van der Waals surface area (Å²) in [6, 6.07) is 4.26. The van der Waals surface area contributed by atoms with Crippen LogP contribution < -0.4 is 0 Å². The zero-order valence-electron chi connectivity index (χ0n) is 16.5. The number of carbonyl (C=O) groups excluding carboxylic acids is 1. The SMILES string of the molecule is O=C(C1=COC=C(C2=CC=CCC2)O1)N1C2CCC1CC(c1ccc(F)c(F)c1)C2. The van der Waals surface area contributed by atoms with Gasteiger partial charge in [0.2, 0.25) is 5.76 Å². The third kappa shape index (κ3) is 3.44. The number of carbonyl (C=O) groups is 1. The summed E-state index contributed by atoms with van der Waals surface area (Å²) in [5.74, 6) is -0.913. The summed E-state index contributed by atoms with van der Waals surface area (Å²) < 4.78 is 38.3. The quantitative estimate of drug-likeness (QED) is 0.686. The number of hydrogen-bond acceptors (Lipinski definition) is 3. The maximum atomic E-state index is 13.7. The molecular weight excluding hydrogens is 388 g/mol. The Balaban J connectivity index is 1.29. The van der Waals surface area contributed by atoms with Crippen molar-refractivity contribution in [2.75, 3.05) is 0 Å². The smallest absolute Gasteiger partial charge is 0.293 e. The summed E-state index contributed by atoms with van der Waals surface area (Å²) >= 11 is 0. The van der Waals surface area contributed by atoms with Gasteiger partial charge in [-0.05, 0) is 67.7 Å². The van der Waals surface area contributed by atoms with Crippen LogP contribution in [-0.4, -0.2) is 22.9 Å². The zero-order valence-corrected chi connectivity index (χ0v) is 16.5. The fourth-order valence-corrected chi connectivity index (χ4v) is 5.04. The van der Waals surface area contributed by atoms with E-state index in [1.807, 2.05) is 17.1 Å². The fourth-order valence-electron chi connectivity index (χ4n) is 5.04. The predicted octanol–water partition coefficient (Wildman–Crippen LogP) is 5.21. The van der Waals surface area contributed by atoms with E-state index in [9.17, 15) is 13.6 Å². The van der Waals surface area contributed by atoms with Crippen molar-refractivity contribution in [3.05, 3.63) is 83.2 Å². The van der Waals surface area contributed by atoms with Gasteiger partial charge in [0.05, 0.1) is 0 Å². The molecule has 30 heavy (non-hydrogen) atoms. The Morgan fingerprint density at radius 3 is 2.57 bits per heavy atom. The van der Waals surface area contributed by atoms with Gasteiger partial charge in [0.1, 0.15) is 12.5 Å². The van der Waals surface area contributed by atoms with Crippen molar-refractivity contribution in [3.63, 3.8) is 0 Å². The second kappa shape index (κ2) is 7.74. The maximum Gasteiger partial charge on any atom is 0.293 e. The molecule has 2 bridgehead atoms. The highest BCUT2D eigenvalue weighted by atomic mass is 19.2. The minimum Gasteiger partial charge on any atom is -0.465 e. The molecular formula is C24H23F2NO3. The van der Waals surface area contributed by atoms with Gasteiger partial charge >= 0.3 is 0 Å². The van der Waals surface area contributed by atoms with Crippen LogP contribution >= 0.6 is 0 Å². The summed E-state index contributed by atoms with van der Waals surface area (Å²) in [4.78, 5) is 15.2. The van der Waals surface area contributed by atoms with E-state index < -0.39 is 11.6 Å². The number of piperidine rings is 1. The van der Waals surface area contributed by atoms with Crippen molar-refractivity contribution >= 4 is 5.91 Å². The third-order valence-corrected chi connectivity index (χ3v) is 6.49. The Labute approximate surface area is 174 Å². The van der Waals surface area contributed by atoms with Crippen molar-refractivity contribution in [1.82, 2.24) is 4.90 Å². The van der Waals surface area contributed by atoms with Gasteiger partial charge in [-0.15, -0.1) is 0 Å². The molecule has 1 aliphatic carbocycles. The Hall–Kier alpha value is -2.89. The number of fused-ring (bicyclic) bond motifs is 2. The molecule has 156 valence electrons. The van der Waals surface area contributed by atoms with Crippen LogP contribution in [0.2, 0.25) is 0 Å². The summed E-state index contributed by atoms with van der Waals surface area (Å²) in [6.45, 7) is 0. The summed E-state index contributed by atoms with van der Waals surface area (Å²) in [5, 5.41) is 0. The van der Waals surface area contributed by atoms with Gasteiger partial charge in [0.25, 0.3) is 5.91 Å². The lowest BCUT2D eigenvalue weighted by atomic mass is 9.85. The normalized spacial score (nSPS) is 27.6. The van der Waals surface area contributed by atoms with Crippen molar-refractivity contribution in [3.8, 4) is 0 Å². The van der Waals surface area contributed by atoms with E-state index in [1.54, 1.807) is 6.07 Å². The Morgan fingerprint density at radius 2 is 1.87 bits per heavy atom. The molecule has 2 fully saturated rings. The molecule has 0 N–H and O–H groups in total. The highest BCUT2D eigenvalue weighted by molar-refractivity contribution is 5.92. The average molecular weight is 411 g/mol. The van der Waals surface area contributed by atoms with E-state index >= 15 is 0 Å². The molecule has 0 saturated carbocycles. The lowest BCUT2D eigenvalue weighted by Gasteiger charge is -2.39. The van der Waals surface area contributed by atoms with E-state index in [0.29, 0.717) is 5.76 Å². The number of nitrogens with zero attached hydrogens (tertiary/aromatic N) is 1. The molecule has 0 aromatic heterocycles. The summed E-state index contributed by atoms with van der Waals surface area (Å²) in [6.07, 6.45) is 14.0. The molecule has 2 atom stereocenters. The molecule has 1 aromatic carbocycles. The van der Waals surface area contributed by atoms with Crippen LogP contribution in [0.1, 0.15) is 50.0 Å². The highest BCUT2D eigenvalue weighted by Crippen LogP contribution is 2.44.